The summed E-state index contributed by atoms with van der Waals surface area (Å²) in [5.74, 6) is -1.19. The molecule has 194 valence electrons. The molecule has 0 unspecified atom stereocenters. The first-order valence-electron chi connectivity index (χ1n) is 11.3. The normalized spacial score (nSPS) is 11.1. The zero-order valence-electron chi connectivity index (χ0n) is 21.1. The lowest BCUT2D eigenvalue weighted by Crippen LogP contribution is -2.28. The quantitative estimate of drug-likeness (QED) is 0.402. The molecule has 0 spiro atoms. The Morgan fingerprint density at radius 1 is 1.05 bits per heavy atom. The molecule has 0 aliphatic rings. The van der Waals surface area contributed by atoms with E-state index in [2.05, 4.69) is 35.9 Å². The third-order valence-corrected chi connectivity index (χ3v) is 5.07. The highest BCUT2D eigenvalue weighted by Gasteiger charge is 2.22. The van der Waals surface area contributed by atoms with Crippen molar-refractivity contribution in [3.8, 4) is 17.7 Å². The van der Waals surface area contributed by atoms with E-state index in [1.165, 1.54) is 46.4 Å². The fourth-order valence-corrected chi connectivity index (χ4v) is 3.41. The molecule has 4 aromatic heterocycles. The zero-order chi connectivity index (χ0) is 27.6. The van der Waals surface area contributed by atoms with E-state index in [1.54, 1.807) is 34.6 Å². The molecule has 13 nitrogen and oxygen atoms in total. The summed E-state index contributed by atoms with van der Waals surface area (Å²) in [6.45, 7) is 8.30. The van der Waals surface area contributed by atoms with Crippen molar-refractivity contribution in [2.75, 3.05) is 10.6 Å². The molecule has 0 bridgehead atoms. The molecule has 0 atom stereocenters. The molecular formula is C24H23FN10O3. The van der Waals surface area contributed by atoms with Gasteiger partial charge >= 0.3 is 6.09 Å². The van der Waals surface area contributed by atoms with E-state index in [0.717, 1.165) is 0 Å². The fraction of sp³-hybridized carbons (Fsp3) is 0.250. The molecule has 0 aromatic carbocycles. The summed E-state index contributed by atoms with van der Waals surface area (Å²) < 4.78 is 21.1. The van der Waals surface area contributed by atoms with Crippen LogP contribution in [0.1, 0.15) is 48.0 Å². The number of aryl methyl sites for hydroxylation is 1. The number of hydrogen-bond donors (Lipinski definition) is 2. The van der Waals surface area contributed by atoms with Crippen LogP contribution in [0.2, 0.25) is 0 Å². The fourth-order valence-electron chi connectivity index (χ4n) is 3.41. The van der Waals surface area contributed by atoms with Crippen LogP contribution in [0, 0.1) is 31.0 Å². The molecule has 0 aliphatic heterocycles. The summed E-state index contributed by atoms with van der Waals surface area (Å²) in [5, 5.41) is 26.6. The topological polar surface area (TPSA) is 166 Å². The molecule has 14 heteroatoms. The number of rotatable bonds is 5. The molecule has 0 aliphatic carbocycles. The Bertz CT molecular complexity index is 1570. The van der Waals surface area contributed by atoms with Gasteiger partial charge in [-0.15, -0.1) is 4.80 Å². The molecule has 4 rings (SSSR count). The van der Waals surface area contributed by atoms with E-state index >= 15 is 0 Å². The Hall–Kier alpha value is -5.19. The second kappa shape index (κ2) is 10.1. The number of hydrogen-bond acceptors (Lipinski definition) is 9. The standard InChI is InChI=1S/C24H23FN10O3/c1-13-8-18(25)19(33-23(37)38-24(3,4)5)32-20(13)34-14(2)17(12-30-34)22(36)31-16-9-15(10-26)21(27-11-16)35-28-6-7-29-35/h6-9,11-12H,1-5H3,(H,31,36)(H,32,33,37). The van der Waals surface area contributed by atoms with Crippen molar-refractivity contribution in [3.05, 3.63) is 65.1 Å². The molecule has 2 N–H and O–H groups in total. The maximum Gasteiger partial charge on any atom is 0.413 e. The van der Waals surface area contributed by atoms with Crippen molar-refractivity contribution in [1.82, 2.24) is 34.7 Å². The zero-order valence-corrected chi connectivity index (χ0v) is 21.1. The highest BCUT2D eigenvalue weighted by molar-refractivity contribution is 6.05. The second-order valence-corrected chi connectivity index (χ2v) is 9.12. The van der Waals surface area contributed by atoms with E-state index < -0.39 is 23.4 Å². The molecule has 4 heterocycles. The first kappa shape index (κ1) is 25.9. The van der Waals surface area contributed by atoms with Gasteiger partial charge in [0.25, 0.3) is 5.91 Å². The molecule has 0 saturated carbocycles. The molecule has 0 radical (unpaired) electrons. The predicted molar refractivity (Wildman–Crippen MR) is 132 cm³/mol. The minimum absolute atomic E-state index is 0.155. The Kier molecular flexibility index (Phi) is 6.85. The summed E-state index contributed by atoms with van der Waals surface area (Å²) in [4.78, 5) is 34.7. The highest BCUT2D eigenvalue weighted by Crippen LogP contribution is 2.23. The number of pyridine rings is 2. The summed E-state index contributed by atoms with van der Waals surface area (Å²) in [5.41, 5.74) is 0.667. The Morgan fingerprint density at radius 2 is 1.76 bits per heavy atom. The van der Waals surface area contributed by atoms with Crippen LogP contribution in [0.5, 0.6) is 0 Å². The van der Waals surface area contributed by atoms with E-state index in [9.17, 15) is 19.2 Å². The van der Waals surface area contributed by atoms with Gasteiger partial charge in [0.1, 0.15) is 17.2 Å². The van der Waals surface area contributed by atoms with Crippen LogP contribution in [-0.4, -0.2) is 52.3 Å². The van der Waals surface area contributed by atoms with Crippen molar-refractivity contribution >= 4 is 23.5 Å². The minimum atomic E-state index is -0.865. The largest absolute Gasteiger partial charge is 0.444 e. The number of nitriles is 1. The molecule has 38 heavy (non-hydrogen) atoms. The number of nitrogens with zero attached hydrogens (tertiary/aromatic N) is 8. The molecule has 0 fully saturated rings. The van der Waals surface area contributed by atoms with Gasteiger partial charge in [0.15, 0.2) is 23.3 Å². The number of nitrogens with one attached hydrogen (secondary N) is 2. The first-order valence-corrected chi connectivity index (χ1v) is 11.3. The van der Waals surface area contributed by atoms with Gasteiger partial charge in [-0.2, -0.15) is 20.6 Å². The van der Waals surface area contributed by atoms with Crippen molar-refractivity contribution in [2.24, 2.45) is 0 Å². The van der Waals surface area contributed by atoms with Crippen LogP contribution >= 0.6 is 0 Å². The molecule has 4 aromatic rings. The third-order valence-electron chi connectivity index (χ3n) is 5.07. The third kappa shape index (κ3) is 5.46. The smallest absolute Gasteiger partial charge is 0.413 e. The molecule has 2 amide bonds. The Labute approximate surface area is 216 Å². The maximum absolute atomic E-state index is 14.5. The number of halogens is 1. The van der Waals surface area contributed by atoms with Crippen LogP contribution < -0.4 is 10.6 Å². The summed E-state index contributed by atoms with van der Waals surface area (Å²) in [6, 6.07) is 4.65. The van der Waals surface area contributed by atoms with Gasteiger partial charge in [-0.05, 0) is 52.3 Å². The van der Waals surface area contributed by atoms with Crippen LogP contribution in [0.15, 0.2) is 36.9 Å². The lowest BCUT2D eigenvalue weighted by Gasteiger charge is -2.20. The van der Waals surface area contributed by atoms with Gasteiger partial charge in [0, 0.05) is 0 Å². The average molecular weight is 519 g/mol. The monoisotopic (exact) mass is 518 g/mol. The Balaban J connectivity index is 1.58. The number of carbonyl (C=O) groups excluding carboxylic acids is 2. The van der Waals surface area contributed by atoms with Gasteiger partial charge in [-0.25, -0.2) is 23.8 Å². The van der Waals surface area contributed by atoms with Gasteiger partial charge < -0.3 is 10.1 Å². The van der Waals surface area contributed by atoms with Gasteiger partial charge in [-0.1, -0.05) is 0 Å². The van der Waals surface area contributed by atoms with Crippen LogP contribution in [0.25, 0.3) is 11.6 Å². The summed E-state index contributed by atoms with van der Waals surface area (Å²) >= 11 is 0. The number of amides is 2. The second-order valence-electron chi connectivity index (χ2n) is 9.12. The predicted octanol–water partition coefficient (Wildman–Crippen LogP) is 3.47. The van der Waals surface area contributed by atoms with Crippen LogP contribution in [0.3, 0.4) is 0 Å². The lowest BCUT2D eigenvalue weighted by atomic mass is 10.2. The van der Waals surface area contributed by atoms with Crippen molar-refractivity contribution < 1.29 is 18.7 Å². The van der Waals surface area contributed by atoms with Crippen molar-refractivity contribution in [1.29, 1.82) is 5.26 Å². The van der Waals surface area contributed by atoms with Gasteiger partial charge in [0.05, 0.1) is 41.7 Å². The first-order chi connectivity index (χ1) is 18.0. The van der Waals surface area contributed by atoms with E-state index in [-0.39, 0.29) is 34.3 Å². The van der Waals surface area contributed by atoms with E-state index in [0.29, 0.717) is 11.3 Å². The minimum Gasteiger partial charge on any atom is -0.444 e. The van der Waals surface area contributed by atoms with Crippen molar-refractivity contribution in [3.63, 3.8) is 0 Å². The highest BCUT2D eigenvalue weighted by atomic mass is 19.1. The van der Waals surface area contributed by atoms with Gasteiger partial charge in [-0.3, -0.25) is 10.1 Å². The number of carbonyl (C=O) groups is 2. The van der Waals surface area contributed by atoms with Crippen LogP contribution in [-0.2, 0) is 4.74 Å². The number of aromatic nitrogens is 7. The van der Waals surface area contributed by atoms with E-state index in [4.69, 9.17) is 4.74 Å². The number of anilines is 2. The van der Waals surface area contributed by atoms with E-state index in [1.807, 2.05) is 6.07 Å². The van der Waals surface area contributed by atoms with Gasteiger partial charge in [0.2, 0.25) is 0 Å². The lowest BCUT2D eigenvalue weighted by molar-refractivity contribution is 0.0634. The number of ether oxygens (including phenoxy) is 1. The van der Waals surface area contributed by atoms with Crippen LogP contribution in [0.4, 0.5) is 20.7 Å². The molecular weight excluding hydrogens is 495 g/mol. The van der Waals surface area contributed by atoms with Crippen molar-refractivity contribution in [2.45, 2.75) is 40.2 Å². The summed E-state index contributed by atoms with van der Waals surface area (Å²) in [6.07, 6.45) is 4.74. The summed E-state index contributed by atoms with van der Waals surface area (Å²) in [7, 11) is 0. The average Bonchev–Trinajstić information content (AvgIpc) is 3.50. The Morgan fingerprint density at radius 3 is 2.42 bits per heavy atom. The maximum atomic E-state index is 14.5. The SMILES string of the molecule is Cc1cc(F)c(NC(=O)OC(C)(C)C)nc1-n1ncc(C(=O)Nc2cnc(-n3nccn3)c(C#N)c2)c1C. The molecule has 0 saturated heterocycles.